The van der Waals surface area contributed by atoms with E-state index in [0.29, 0.717) is 17.9 Å². The molecule has 29 heavy (non-hydrogen) atoms. The van der Waals surface area contributed by atoms with Crippen LogP contribution >= 0.6 is 0 Å². The Kier molecular flexibility index (Phi) is 5.73. The highest BCUT2D eigenvalue weighted by Crippen LogP contribution is 2.29. The number of carbonyl (C=O) groups excluding carboxylic acids is 3. The van der Waals surface area contributed by atoms with Gasteiger partial charge < -0.3 is 15.5 Å². The Balaban J connectivity index is 1.67. The lowest BCUT2D eigenvalue weighted by Crippen LogP contribution is -2.28. The molecule has 2 aromatic carbocycles. The molecule has 1 aliphatic rings. The number of nitrogens with zero attached hydrogens (tertiary/aromatic N) is 1. The van der Waals surface area contributed by atoms with E-state index in [4.69, 9.17) is 0 Å². The van der Waals surface area contributed by atoms with Gasteiger partial charge in [0.15, 0.2) is 0 Å². The number of hydrogen-bond acceptors (Lipinski definition) is 3. The molecule has 1 fully saturated rings. The van der Waals surface area contributed by atoms with Crippen LogP contribution in [0.3, 0.4) is 0 Å². The summed E-state index contributed by atoms with van der Waals surface area (Å²) in [5.41, 5.74) is 3.24. The van der Waals surface area contributed by atoms with Crippen molar-refractivity contribution < 1.29 is 14.4 Å². The summed E-state index contributed by atoms with van der Waals surface area (Å²) in [5, 5.41) is 5.54. The third-order valence-corrected chi connectivity index (χ3v) is 4.99. The maximum atomic E-state index is 12.7. The average molecular weight is 393 g/mol. The Bertz CT molecular complexity index is 929. The van der Waals surface area contributed by atoms with E-state index in [-0.39, 0.29) is 29.6 Å². The van der Waals surface area contributed by atoms with Crippen LogP contribution in [-0.2, 0) is 19.8 Å². The number of carbonyl (C=O) groups is 3. The largest absolute Gasteiger partial charge is 0.326 e. The summed E-state index contributed by atoms with van der Waals surface area (Å²) in [5.74, 6) is -0.856. The Labute approximate surface area is 171 Å². The molecule has 0 bridgehead atoms. The van der Waals surface area contributed by atoms with E-state index in [2.05, 4.69) is 31.4 Å². The van der Waals surface area contributed by atoms with Gasteiger partial charge in [0, 0.05) is 37.0 Å². The molecule has 152 valence electrons. The molecule has 6 heteroatoms. The zero-order chi connectivity index (χ0) is 21.2. The summed E-state index contributed by atoms with van der Waals surface area (Å²) < 4.78 is 0. The SMILES string of the molecule is CC(=O)Nc1cccc(NC(=O)C2CC(=O)N(c3ccc(C(C)(C)C)cc3)C2)c1. The summed E-state index contributed by atoms with van der Waals surface area (Å²) in [4.78, 5) is 38.0. The highest BCUT2D eigenvalue weighted by Gasteiger charge is 2.35. The van der Waals surface area contributed by atoms with Crippen molar-refractivity contribution in [3.8, 4) is 0 Å². The van der Waals surface area contributed by atoms with Gasteiger partial charge in [-0.25, -0.2) is 0 Å². The average Bonchev–Trinajstić information content (AvgIpc) is 3.03. The third-order valence-electron chi connectivity index (χ3n) is 4.99. The van der Waals surface area contributed by atoms with Crippen molar-refractivity contribution in [2.24, 2.45) is 5.92 Å². The summed E-state index contributed by atoms with van der Waals surface area (Å²) >= 11 is 0. The fourth-order valence-corrected chi connectivity index (χ4v) is 3.40. The number of nitrogens with one attached hydrogen (secondary N) is 2. The van der Waals surface area contributed by atoms with Crippen molar-refractivity contribution >= 4 is 34.8 Å². The van der Waals surface area contributed by atoms with Crippen LogP contribution in [0.2, 0.25) is 0 Å². The molecule has 0 aromatic heterocycles. The van der Waals surface area contributed by atoms with Gasteiger partial charge in [0.25, 0.3) is 0 Å². The van der Waals surface area contributed by atoms with Crippen molar-refractivity contribution in [2.75, 3.05) is 22.1 Å². The summed E-state index contributed by atoms with van der Waals surface area (Å²) in [6.07, 6.45) is 0.179. The molecule has 0 aliphatic carbocycles. The first kappa shape index (κ1) is 20.6. The Morgan fingerprint density at radius 3 is 2.21 bits per heavy atom. The number of hydrogen-bond donors (Lipinski definition) is 2. The second-order valence-electron chi connectivity index (χ2n) is 8.45. The minimum atomic E-state index is -0.422. The van der Waals surface area contributed by atoms with Gasteiger partial charge in [0.05, 0.1) is 5.92 Å². The molecular weight excluding hydrogens is 366 g/mol. The molecule has 3 amide bonds. The Hall–Kier alpha value is -3.15. The molecule has 0 saturated carbocycles. The maximum Gasteiger partial charge on any atom is 0.229 e. The molecule has 2 aromatic rings. The summed E-state index contributed by atoms with van der Waals surface area (Å²) in [7, 11) is 0. The van der Waals surface area contributed by atoms with Gasteiger partial charge in [-0.2, -0.15) is 0 Å². The molecule has 0 radical (unpaired) electrons. The predicted octanol–water partition coefficient (Wildman–Crippen LogP) is 3.93. The van der Waals surface area contributed by atoms with E-state index in [1.165, 1.54) is 12.5 Å². The topological polar surface area (TPSA) is 78.5 Å². The molecule has 3 rings (SSSR count). The van der Waals surface area contributed by atoms with Gasteiger partial charge in [0.1, 0.15) is 0 Å². The van der Waals surface area contributed by atoms with E-state index in [1.54, 1.807) is 29.2 Å². The zero-order valence-corrected chi connectivity index (χ0v) is 17.3. The van der Waals surface area contributed by atoms with Crippen molar-refractivity contribution in [3.05, 3.63) is 54.1 Å². The number of anilines is 3. The Morgan fingerprint density at radius 1 is 1.00 bits per heavy atom. The molecule has 0 spiro atoms. The summed E-state index contributed by atoms with van der Waals surface area (Å²) in [6.45, 7) is 8.21. The lowest BCUT2D eigenvalue weighted by atomic mass is 9.87. The van der Waals surface area contributed by atoms with Gasteiger partial charge in [-0.3, -0.25) is 14.4 Å². The molecular formula is C23H27N3O3. The molecule has 2 N–H and O–H groups in total. The lowest BCUT2D eigenvalue weighted by molar-refractivity contribution is -0.122. The van der Waals surface area contributed by atoms with Crippen molar-refractivity contribution in [1.82, 2.24) is 0 Å². The number of rotatable bonds is 4. The quantitative estimate of drug-likeness (QED) is 0.826. The summed E-state index contributed by atoms with van der Waals surface area (Å²) in [6, 6.07) is 14.9. The van der Waals surface area contributed by atoms with Gasteiger partial charge in [-0.1, -0.05) is 39.0 Å². The van der Waals surface area contributed by atoms with Crippen LogP contribution in [0.1, 0.15) is 39.7 Å². The van der Waals surface area contributed by atoms with Crippen LogP contribution in [0, 0.1) is 5.92 Å². The van der Waals surface area contributed by atoms with Crippen LogP contribution < -0.4 is 15.5 Å². The van der Waals surface area contributed by atoms with E-state index < -0.39 is 5.92 Å². The molecule has 6 nitrogen and oxygen atoms in total. The second-order valence-corrected chi connectivity index (χ2v) is 8.45. The van der Waals surface area contributed by atoms with Crippen LogP contribution in [0.5, 0.6) is 0 Å². The third kappa shape index (κ3) is 5.02. The smallest absolute Gasteiger partial charge is 0.229 e. The predicted molar refractivity (Wildman–Crippen MR) is 115 cm³/mol. The van der Waals surface area contributed by atoms with Gasteiger partial charge in [-0.05, 0) is 41.3 Å². The van der Waals surface area contributed by atoms with Gasteiger partial charge in [-0.15, -0.1) is 0 Å². The fraction of sp³-hybridized carbons (Fsp3) is 0.348. The van der Waals surface area contributed by atoms with Crippen LogP contribution in [0.4, 0.5) is 17.1 Å². The minimum absolute atomic E-state index is 0.0434. The lowest BCUT2D eigenvalue weighted by Gasteiger charge is -2.21. The van der Waals surface area contributed by atoms with E-state index in [0.717, 1.165) is 5.69 Å². The van der Waals surface area contributed by atoms with Gasteiger partial charge in [0.2, 0.25) is 17.7 Å². The molecule has 1 heterocycles. The Morgan fingerprint density at radius 2 is 1.62 bits per heavy atom. The van der Waals surface area contributed by atoms with Gasteiger partial charge >= 0.3 is 0 Å². The fourth-order valence-electron chi connectivity index (χ4n) is 3.40. The molecule has 1 atom stereocenters. The normalized spacial score (nSPS) is 16.6. The monoisotopic (exact) mass is 393 g/mol. The minimum Gasteiger partial charge on any atom is -0.326 e. The van der Waals surface area contributed by atoms with E-state index >= 15 is 0 Å². The molecule has 1 saturated heterocycles. The molecule has 1 unspecified atom stereocenters. The first-order chi connectivity index (χ1) is 13.6. The highest BCUT2D eigenvalue weighted by molar-refractivity contribution is 6.03. The number of amides is 3. The van der Waals surface area contributed by atoms with Crippen molar-refractivity contribution in [2.45, 2.75) is 39.5 Å². The molecule has 1 aliphatic heterocycles. The van der Waals surface area contributed by atoms with Crippen molar-refractivity contribution in [3.63, 3.8) is 0 Å². The zero-order valence-electron chi connectivity index (χ0n) is 17.3. The van der Waals surface area contributed by atoms with Crippen LogP contribution in [0.25, 0.3) is 0 Å². The van der Waals surface area contributed by atoms with E-state index in [1.807, 2.05) is 24.3 Å². The van der Waals surface area contributed by atoms with E-state index in [9.17, 15) is 14.4 Å². The standard InChI is InChI=1S/C23H27N3O3/c1-15(27)24-18-6-5-7-19(13-18)25-22(29)16-12-21(28)26(14-16)20-10-8-17(9-11-20)23(2,3)4/h5-11,13,16H,12,14H2,1-4H3,(H,24,27)(H,25,29). The first-order valence-corrected chi connectivity index (χ1v) is 9.73. The van der Waals surface area contributed by atoms with Crippen molar-refractivity contribution in [1.29, 1.82) is 0 Å². The number of benzene rings is 2. The van der Waals surface area contributed by atoms with Crippen LogP contribution in [0.15, 0.2) is 48.5 Å². The van der Waals surface area contributed by atoms with Crippen LogP contribution in [-0.4, -0.2) is 24.3 Å². The highest BCUT2D eigenvalue weighted by atomic mass is 16.2. The second kappa shape index (κ2) is 8.07. The first-order valence-electron chi connectivity index (χ1n) is 9.73. The maximum absolute atomic E-state index is 12.7.